The van der Waals surface area contributed by atoms with Crippen molar-refractivity contribution in [2.45, 2.75) is 102 Å². The molecule has 3 aromatic carbocycles. The van der Waals surface area contributed by atoms with Gasteiger partial charge in [0.05, 0.1) is 24.7 Å². The van der Waals surface area contributed by atoms with Crippen molar-refractivity contribution in [3.63, 3.8) is 0 Å². The number of rotatable bonds is 21. The first-order valence-corrected chi connectivity index (χ1v) is 21.3. The van der Waals surface area contributed by atoms with E-state index in [0.717, 1.165) is 43.2 Å². The Bertz CT molecular complexity index is 1870. The van der Waals surface area contributed by atoms with Crippen LogP contribution in [0.25, 0.3) is 0 Å². The third-order valence-corrected chi connectivity index (χ3v) is 10.7. The highest BCUT2D eigenvalue weighted by atomic mass is 16.2. The maximum Gasteiger partial charge on any atom is 0.335 e. The summed E-state index contributed by atoms with van der Waals surface area (Å²) >= 11 is 0. The summed E-state index contributed by atoms with van der Waals surface area (Å²) in [6.45, 7) is 5.21. The Morgan fingerprint density at radius 3 is 1.75 bits per heavy atom. The lowest BCUT2D eigenvalue weighted by Gasteiger charge is -2.31. The fourth-order valence-corrected chi connectivity index (χ4v) is 7.62. The van der Waals surface area contributed by atoms with Gasteiger partial charge >= 0.3 is 6.03 Å². The normalized spacial score (nSPS) is 15.1. The molecule has 4 rings (SSSR count). The third-order valence-electron chi connectivity index (χ3n) is 10.7. The summed E-state index contributed by atoms with van der Waals surface area (Å²) in [7, 11) is 3.20. The lowest BCUT2D eigenvalue weighted by Crippen LogP contribution is -2.58. The van der Waals surface area contributed by atoms with Gasteiger partial charge in [0.25, 0.3) is 5.91 Å². The largest absolute Gasteiger partial charge is 0.357 e. The van der Waals surface area contributed by atoms with E-state index in [4.69, 9.17) is 0 Å². The Morgan fingerprint density at radius 1 is 0.672 bits per heavy atom. The van der Waals surface area contributed by atoms with Crippen LogP contribution < -0.4 is 42.6 Å². The van der Waals surface area contributed by atoms with Crippen LogP contribution in [0.2, 0.25) is 0 Å². The number of urea groups is 1. The molecule has 15 nitrogen and oxygen atoms in total. The van der Waals surface area contributed by atoms with Crippen LogP contribution in [0, 0.1) is 11.8 Å². The topological polar surface area (TPSA) is 211 Å². The molecule has 4 atom stereocenters. The van der Waals surface area contributed by atoms with E-state index in [1.54, 1.807) is 37.4 Å². The Kier molecular flexibility index (Phi) is 19.4. The molecule has 0 bridgehead atoms. The van der Waals surface area contributed by atoms with Crippen LogP contribution in [0.1, 0.15) is 101 Å². The number of carbonyl (C=O) groups is 6. The predicted octanol–water partition coefficient (Wildman–Crippen LogP) is 4.14. The first-order chi connectivity index (χ1) is 29.4. The van der Waals surface area contributed by atoms with Crippen molar-refractivity contribution in [3.8, 4) is 0 Å². The molecule has 1 aliphatic carbocycles. The molecule has 7 amide bonds. The number of carbonyl (C=O) groups excluding carboxylic acids is 6. The first kappa shape index (κ1) is 47.6. The zero-order valence-corrected chi connectivity index (χ0v) is 36.0. The molecule has 328 valence electrons. The number of nitrogens with zero attached hydrogens (tertiary/aromatic N) is 1. The average Bonchev–Trinajstić information content (AvgIpc) is 3.27. The molecule has 4 unspecified atom stereocenters. The molecule has 0 spiro atoms. The van der Waals surface area contributed by atoms with Crippen molar-refractivity contribution in [1.82, 2.24) is 42.6 Å². The van der Waals surface area contributed by atoms with Gasteiger partial charge < -0.3 is 37.2 Å². The van der Waals surface area contributed by atoms with Gasteiger partial charge in [-0.15, -0.1) is 0 Å². The van der Waals surface area contributed by atoms with Gasteiger partial charge in [0.15, 0.2) is 0 Å². The maximum atomic E-state index is 14.2. The van der Waals surface area contributed by atoms with Gasteiger partial charge in [-0.1, -0.05) is 137 Å². The van der Waals surface area contributed by atoms with Gasteiger partial charge in [-0.3, -0.25) is 24.0 Å². The van der Waals surface area contributed by atoms with E-state index in [2.05, 4.69) is 47.7 Å². The van der Waals surface area contributed by atoms with Gasteiger partial charge in [-0.05, 0) is 61.3 Å². The second-order valence-corrected chi connectivity index (χ2v) is 15.7. The Balaban J connectivity index is 1.60. The second-order valence-electron chi connectivity index (χ2n) is 15.7. The summed E-state index contributed by atoms with van der Waals surface area (Å²) in [5, 5.41) is 24.1. The number of hydrogen-bond acceptors (Lipinski definition) is 8. The molecule has 0 radical (unpaired) electrons. The Labute approximate surface area is 359 Å². The first-order valence-electron chi connectivity index (χ1n) is 21.3. The molecule has 15 heteroatoms. The highest BCUT2D eigenvalue weighted by Gasteiger charge is 2.34. The highest BCUT2D eigenvalue weighted by Crippen LogP contribution is 2.27. The zero-order chi connectivity index (χ0) is 44.1. The number of hydrazone groups is 1. The van der Waals surface area contributed by atoms with E-state index < -0.39 is 66.4 Å². The molecule has 8 N–H and O–H groups in total. The van der Waals surface area contributed by atoms with E-state index in [9.17, 15) is 28.8 Å². The molecule has 0 aliphatic heterocycles. The van der Waals surface area contributed by atoms with E-state index in [1.165, 1.54) is 7.05 Å². The fourth-order valence-electron chi connectivity index (χ4n) is 7.62. The lowest BCUT2D eigenvalue weighted by atomic mass is 9.83. The number of amides is 7. The van der Waals surface area contributed by atoms with Crippen LogP contribution in [0.5, 0.6) is 0 Å². The standard InChI is InChI=1S/C46H63N9O6/c1-6-19-35(50-42(57)36(28-30(2)3)51-45(60)39(47-4)33-24-15-9-16-25-33)41(44(59)49-29-37(56)52-40(43(58)48-5)34-26-17-10-18-27-34)54-55-46(61)53-38(31-20-11-7-12-21-31)32-22-13-8-14-23-32/h7-8,10-14,17-18,20-23,26-27,30,33,35-36,38-40,47H,6,9,15-16,19,24-25,28-29H2,1-5H3,(H,48,58)(H,49,59)(H,50,57)(H,51,60)(H,52,56)(H2,53,55,61)/b54-41+. The molecule has 0 saturated heterocycles. The van der Waals surface area contributed by atoms with Crippen LogP contribution >= 0.6 is 0 Å². The summed E-state index contributed by atoms with van der Waals surface area (Å²) in [6, 6.07) is 22.6. The monoisotopic (exact) mass is 837 g/mol. The average molecular weight is 838 g/mol. The number of likely N-dealkylation sites (N-methyl/N-ethyl adjacent to an activating group) is 2. The van der Waals surface area contributed by atoms with Crippen molar-refractivity contribution >= 4 is 41.3 Å². The van der Waals surface area contributed by atoms with Gasteiger partial charge in [0.1, 0.15) is 17.8 Å². The molecule has 1 aliphatic rings. The predicted molar refractivity (Wildman–Crippen MR) is 236 cm³/mol. The van der Waals surface area contributed by atoms with Crippen molar-refractivity contribution < 1.29 is 28.8 Å². The third kappa shape index (κ3) is 14.8. The summed E-state index contributed by atoms with van der Waals surface area (Å²) < 4.78 is 0. The van der Waals surface area contributed by atoms with E-state index >= 15 is 0 Å². The fraction of sp³-hybridized carbons (Fsp3) is 0.457. The van der Waals surface area contributed by atoms with Crippen LogP contribution in [0.15, 0.2) is 96.1 Å². The highest BCUT2D eigenvalue weighted by molar-refractivity contribution is 6.41. The molecule has 1 fully saturated rings. The summed E-state index contributed by atoms with van der Waals surface area (Å²) in [5.41, 5.74) is 4.33. The van der Waals surface area contributed by atoms with Crippen molar-refractivity contribution in [2.75, 3.05) is 20.6 Å². The quantitative estimate of drug-likeness (QED) is 0.0580. The summed E-state index contributed by atoms with van der Waals surface area (Å²) in [6.07, 6.45) is 6.10. The summed E-state index contributed by atoms with van der Waals surface area (Å²) in [4.78, 5) is 81.6. The summed E-state index contributed by atoms with van der Waals surface area (Å²) in [5.74, 6) is -2.58. The Morgan fingerprint density at radius 2 is 1.23 bits per heavy atom. The zero-order valence-electron chi connectivity index (χ0n) is 36.0. The lowest BCUT2D eigenvalue weighted by molar-refractivity contribution is -0.131. The van der Waals surface area contributed by atoms with E-state index in [-0.39, 0.29) is 29.9 Å². The SMILES string of the molecule is CCCC(NC(=O)C(CC(C)C)NC(=O)C(NC)C1CCCCC1)/C(=N\NC(=O)NC(c1ccccc1)c1ccccc1)C(=O)NCC(=O)NC(C(=O)NC)c1ccccc1. The maximum absolute atomic E-state index is 14.2. The molecule has 0 aromatic heterocycles. The molecular weight excluding hydrogens is 775 g/mol. The van der Waals surface area contributed by atoms with Crippen LogP contribution in [0.4, 0.5) is 4.79 Å². The molecule has 0 heterocycles. The van der Waals surface area contributed by atoms with Gasteiger partial charge in [0.2, 0.25) is 23.6 Å². The van der Waals surface area contributed by atoms with Gasteiger partial charge in [0, 0.05) is 7.05 Å². The minimum absolute atomic E-state index is 0.0281. The molecule has 1 saturated carbocycles. The van der Waals surface area contributed by atoms with Crippen LogP contribution in [-0.4, -0.2) is 80.0 Å². The van der Waals surface area contributed by atoms with Crippen LogP contribution in [0.3, 0.4) is 0 Å². The number of hydrogen-bond donors (Lipinski definition) is 8. The molecular formula is C46H63N9O6. The molecule has 61 heavy (non-hydrogen) atoms. The van der Waals surface area contributed by atoms with Gasteiger partial charge in [-0.25, -0.2) is 10.2 Å². The smallest absolute Gasteiger partial charge is 0.335 e. The van der Waals surface area contributed by atoms with Crippen LogP contribution in [-0.2, 0) is 24.0 Å². The van der Waals surface area contributed by atoms with Crippen molar-refractivity contribution in [1.29, 1.82) is 0 Å². The Hall–Kier alpha value is -6.09. The second kappa shape index (κ2) is 24.9. The minimum atomic E-state index is -1.05. The van der Waals surface area contributed by atoms with Crippen molar-refractivity contribution in [3.05, 3.63) is 108 Å². The van der Waals surface area contributed by atoms with E-state index in [1.807, 2.05) is 81.4 Å². The van der Waals surface area contributed by atoms with E-state index in [0.29, 0.717) is 18.4 Å². The number of benzene rings is 3. The molecule has 3 aromatic rings. The van der Waals surface area contributed by atoms with Crippen molar-refractivity contribution in [2.24, 2.45) is 16.9 Å². The number of nitrogens with one attached hydrogen (secondary N) is 8. The van der Waals surface area contributed by atoms with Gasteiger partial charge in [-0.2, -0.15) is 5.10 Å². The minimum Gasteiger partial charge on any atom is -0.357 e.